The Balaban J connectivity index is 1.78. The van der Waals surface area contributed by atoms with Crippen LogP contribution in [0.5, 0.6) is 0 Å². The van der Waals surface area contributed by atoms with Gasteiger partial charge in [0.25, 0.3) is 0 Å². The molecule has 4 nitrogen and oxygen atoms in total. The summed E-state index contributed by atoms with van der Waals surface area (Å²) in [5, 5.41) is 0. The second-order valence-corrected chi connectivity index (χ2v) is 10.6. The number of ether oxygens (including phenoxy) is 1. The molecule has 0 aliphatic carbocycles. The van der Waals surface area contributed by atoms with Crippen molar-refractivity contribution in [3.8, 4) is 0 Å². The van der Waals surface area contributed by atoms with Gasteiger partial charge in [-0.2, -0.15) is 4.31 Å². The minimum Gasteiger partial charge on any atom is -0.373 e. The summed E-state index contributed by atoms with van der Waals surface area (Å²) in [5.74, 6) is 0. The fraction of sp³-hybridized carbons (Fsp3) is 0.571. The van der Waals surface area contributed by atoms with Crippen LogP contribution in [-0.4, -0.2) is 44.9 Å². The van der Waals surface area contributed by atoms with Crippen LogP contribution in [0, 0.1) is 0 Å². The molecule has 0 unspecified atom stereocenters. The van der Waals surface area contributed by atoms with Crippen molar-refractivity contribution in [3.63, 3.8) is 0 Å². The summed E-state index contributed by atoms with van der Waals surface area (Å²) < 4.78 is 34.6. The van der Waals surface area contributed by atoms with E-state index in [4.69, 9.17) is 4.74 Å². The molecule has 0 spiro atoms. The van der Waals surface area contributed by atoms with Crippen LogP contribution >= 0.6 is 45.2 Å². The number of nitrogens with zero attached hydrogens (tertiary/aromatic N) is 1. The zero-order valence-corrected chi connectivity index (χ0v) is 16.2. The average Bonchev–Trinajstić information content (AvgIpc) is 2.46. The largest absolute Gasteiger partial charge is 0.373 e. The first kappa shape index (κ1) is 15.1. The van der Waals surface area contributed by atoms with Crippen LogP contribution in [0.3, 0.4) is 0 Å². The summed E-state index contributed by atoms with van der Waals surface area (Å²) >= 11 is 4.75. The van der Waals surface area contributed by atoms with Gasteiger partial charge < -0.3 is 4.74 Å². The topological polar surface area (TPSA) is 46.6 Å². The van der Waals surface area contributed by atoms with Gasteiger partial charge in [0.15, 0.2) is 0 Å². The van der Waals surface area contributed by atoms with Crippen molar-refractivity contribution in [3.05, 3.63) is 30.3 Å². The van der Waals surface area contributed by atoms with Gasteiger partial charge in [-0.05, 0) is 25.0 Å². The molecule has 4 aliphatic heterocycles. The molecule has 4 bridgehead atoms. The Bertz CT molecular complexity index is 631. The monoisotopic (exact) mass is 531 g/mol. The number of benzene rings is 1. The van der Waals surface area contributed by atoms with Gasteiger partial charge in [-0.3, -0.25) is 0 Å². The lowest BCUT2D eigenvalue weighted by Gasteiger charge is -2.59. The molecule has 0 radical (unpaired) electrons. The Morgan fingerprint density at radius 2 is 1.52 bits per heavy atom. The fourth-order valence-corrected chi connectivity index (χ4v) is 8.32. The second-order valence-electron chi connectivity index (χ2n) is 5.86. The van der Waals surface area contributed by atoms with Crippen LogP contribution in [0.4, 0.5) is 0 Å². The third-order valence-corrected chi connectivity index (χ3v) is 9.94. The van der Waals surface area contributed by atoms with Crippen LogP contribution in [0.25, 0.3) is 0 Å². The van der Waals surface area contributed by atoms with E-state index in [0.717, 1.165) is 12.8 Å². The molecule has 0 N–H and O–H groups in total. The van der Waals surface area contributed by atoms with Gasteiger partial charge in [0.05, 0.1) is 25.0 Å². The van der Waals surface area contributed by atoms with Gasteiger partial charge in [0.2, 0.25) is 10.0 Å². The highest BCUT2D eigenvalue weighted by atomic mass is 127. The highest BCUT2D eigenvalue weighted by Crippen LogP contribution is 2.49. The maximum Gasteiger partial charge on any atom is 0.243 e. The Morgan fingerprint density at radius 1 is 1.00 bits per heavy atom. The summed E-state index contributed by atoms with van der Waals surface area (Å²) in [4.78, 5) is 0.408. The molecule has 1 aromatic rings. The molecule has 5 rings (SSSR count). The van der Waals surface area contributed by atoms with E-state index in [1.807, 2.05) is 6.07 Å². The molecule has 7 heteroatoms. The number of alkyl halides is 2. The molecular weight excluding hydrogens is 516 g/mol. The lowest BCUT2D eigenvalue weighted by atomic mass is 9.80. The van der Waals surface area contributed by atoms with E-state index in [0.29, 0.717) is 4.90 Å². The quantitative estimate of drug-likeness (QED) is 0.436. The SMILES string of the molecule is O=S(=O)(c1ccccc1)N1[C@H]2C[C@@H]3O[C@@H](C[C@H]1[C@H]3I)[C@H]2I. The minimum atomic E-state index is -3.42. The van der Waals surface area contributed by atoms with Crippen LogP contribution < -0.4 is 0 Å². The second kappa shape index (κ2) is 5.29. The lowest BCUT2D eigenvalue weighted by molar-refractivity contribution is -0.144. The minimum absolute atomic E-state index is 0.0734. The molecule has 4 heterocycles. The highest BCUT2D eigenvalue weighted by molar-refractivity contribution is 14.1. The molecule has 0 amide bonds. The Hall–Kier alpha value is 0.550. The predicted octanol–water partition coefficient (Wildman–Crippen LogP) is 2.60. The maximum atomic E-state index is 13.1. The van der Waals surface area contributed by atoms with Crippen molar-refractivity contribution >= 4 is 55.2 Å². The van der Waals surface area contributed by atoms with E-state index in [1.165, 1.54) is 0 Å². The van der Waals surface area contributed by atoms with E-state index in [-0.39, 0.29) is 32.1 Å². The van der Waals surface area contributed by atoms with E-state index >= 15 is 0 Å². The molecule has 0 saturated carbocycles. The molecule has 4 aliphatic rings. The average molecular weight is 531 g/mol. The van der Waals surface area contributed by atoms with E-state index < -0.39 is 10.0 Å². The maximum absolute atomic E-state index is 13.1. The van der Waals surface area contributed by atoms with Gasteiger partial charge in [0, 0.05) is 12.1 Å². The Labute approximate surface area is 151 Å². The smallest absolute Gasteiger partial charge is 0.243 e. The molecule has 114 valence electrons. The molecule has 4 saturated heterocycles. The van der Waals surface area contributed by atoms with Crippen molar-refractivity contribution in [1.82, 2.24) is 4.31 Å². The first-order valence-electron chi connectivity index (χ1n) is 7.02. The third kappa shape index (κ3) is 2.21. The van der Waals surface area contributed by atoms with Crippen LogP contribution in [0.2, 0.25) is 0 Å². The van der Waals surface area contributed by atoms with Gasteiger partial charge in [0.1, 0.15) is 0 Å². The standard InChI is InChI=1S/C14H15I2NO3S/c15-13-9-6-11-14(16)10(7-12(13)20-11)17(9)21(18,19)8-4-2-1-3-5-8/h1-5,9-14H,6-7H2/t9-,10-,11-,12-,13-,14+/m0/s1. The van der Waals surface area contributed by atoms with E-state index in [2.05, 4.69) is 45.2 Å². The first-order chi connectivity index (χ1) is 10.00. The number of sulfonamides is 1. The van der Waals surface area contributed by atoms with Gasteiger partial charge in [-0.15, -0.1) is 0 Å². The van der Waals surface area contributed by atoms with Crippen molar-refractivity contribution in [2.24, 2.45) is 0 Å². The third-order valence-electron chi connectivity index (χ3n) is 4.72. The van der Waals surface area contributed by atoms with Crippen molar-refractivity contribution in [2.75, 3.05) is 0 Å². The number of hydrogen-bond donors (Lipinski definition) is 0. The number of halogens is 2. The van der Waals surface area contributed by atoms with Crippen LogP contribution in [0.15, 0.2) is 35.2 Å². The van der Waals surface area contributed by atoms with Crippen molar-refractivity contribution in [2.45, 2.75) is 49.9 Å². The summed E-state index contributed by atoms with van der Waals surface area (Å²) in [6.45, 7) is 0. The Morgan fingerprint density at radius 3 is 2.05 bits per heavy atom. The zero-order valence-electron chi connectivity index (χ0n) is 11.1. The molecule has 21 heavy (non-hydrogen) atoms. The Kier molecular flexibility index (Phi) is 3.80. The molecule has 0 aromatic heterocycles. The summed E-state index contributed by atoms with van der Waals surface area (Å²) in [6.07, 6.45) is 2.07. The first-order valence-corrected chi connectivity index (χ1v) is 11.0. The van der Waals surface area contributed by atoms with Gasteiger partial charge in [-0.25, -0.2) is 8.42 Å². The van der Waals surface area contributed by atoms with Crippen molar-refractivity contribution in [1.29, 1.82) is 0 Å². The molecule has 1 aromatic carbocycles. The summed E-state index contributed by atoms with van der Waals surface area (Å²) in [7, 11) is -3.42. The summed E-state index contributed by atoms with van der Waals surface area (Å²) in [6, 6.07) is 8.96. The zero-order chi connectivity index (χ0) is 14.8. The number of hydrogen-bond acceptors (Lipinski definition) is 3. The fourth-order valence-electron chi connectivity index (χ4n) is 3.78. The highest BCUT2D eigenvalue weighted by Gasteiger charge is 2.59. The number of rotatable bonds is 2. The molecule has 4 fully saturated rings. The van der Waals surface area contributed by atoms with Gasteiger partial charge in [-0.1, -0.05) is 63.4 Å². The summed E-state index contributed by atoms with van der Waals surface area (Å²) in [5.41, 5.74) is 0. The van der Waals surface area contributed by atoms with Gasteiger partial charge >= 0.3 is 0 Å². The molecule has 6 atom stereocenters. The number of piperidine rings is 2. The van der Waals surface area contributed by atoms with Crippen molar-refractivity contribution < 1.29 is 13.2 Å². The normalized spacial score (nSPS) is 42.4. The van der Waals surface area contributed by atoms with E-state index in [9.17, 15) is 8.42 Å². The van der Waals surface area contributed by atoms with Crippen LogP contribution in [0.1, 0.15) is 12.8 Å². The van der Waals surface area contributed by atoms with E-state index in [1.54, 1.807) is 28.6 Å². The molecular formula is C14H15I2NO3S. The van der Waals surface area contributed by atoms with Crippen LogP contribution in [-0.2, 0) is 14.8 Å². The lowest BCUT2D eigenvalue weighted by Crippen LogP contribution is -2.72. The predicted molar refractivity (Wildman–Crippen MR) is 96.6 cm³/mol.